The van der Waals surface area contributed by atoms with Gasteiger partial charge in [-0.25, -0.2) is 14.4 Å². The van der Waals surface area contributed by atoms with Crippen LogP contribution in [0.1, 0.15) is 31.1 Å². The first-order valence-electron chi connectivity index (χ1n) is 6.08. The summed E-state index contributed by atoms with van der Waals surface area (Å²) in [6.45, 7) is 6.84. The second-order valence-corrected chi connectivity index (χ2v) is 4.03. The van der Waals surface area contributed by atoms with Crippen molar-refractivity contribution in [3.05, 3.63) is 59.9 Å². The van der Waals surface area contributed by atoms with Gasteiger partial charge in [-0.3, -0.25) is 0 Å². The standard InChI is InChI=1S/C15H14O7/c1-3-9(2)21-6-7-22-15(20)11-5-4-10(13(16)17)8-12(11)14(18)19/h3-5,8H,1-2,6-7H2,(H,16,17)(H,18,19). The van der Waals surface area contributed by atoms with Gasteiger partial charge in [0, 0.05) is 0 Å². The van der Waals surface area contributed by atoms with Gasteiger partial charge in [-0.05, 0) is 24.3 Å². The maximum absolute atomic E-state index is 11.8. The monoisotopic (exact) mass is 306 g/mol. The fraction of sp³-hybridized carbons (Fsp3) is 0.133. The number of esters is 1. The summed E-state index contributed by atoms with van der Waals surface area (Å²) in [6, 6.07) is 3.12. The first-order valence-corrected chi connectivity index (χ1v) is 6.08. The van der Waals surface area contributed by atoms with Crippen LogP contribution in [-0.2, 0) is 9.47 Å². The van der Waals surface area contributed by atoms with Crippen LogP contribution < -0.4 is 0 Å². The fourth-order valence-corrected chi connectivity index (χ4v) is 1.48. The number of hydrogen-bond donors (Lipinski definition) is 2. The summed E-state index contributed by atoms with van der Waals surface area (Å²) < 4.78 is 9.89. The van der Waals surface area contributed by atoms with Crippen molar-refractivity contribution in [3.63, 3.8) is 0 Å². The molecule has 0 spiro atoms. The first kappa shape index (κ1) is 17.0. The lowest BCUT2D eigenvalue weighted by molar-refractivity contribution is 0.0401. The maximum Gasteiger partial charge on any atom is 0.339 e. The molecule has 0 saturated heterocycles. The summed E-state index contributed by atoms with van der Waals surface area (Å²) in [5.41, 5.74) is -0.916. The first-order chi connectivity index (χ1) is 10.4. The molecule has 7 nitrogen and oxygen atoms in total. The van der Waals surface area contributed by atoms with Crippen LogP contribution >= 0.6 is 0 Å². The summed E-state index contributed by atoms with van der Waals surface area (Å²) >= 11 is 0. The highest BCUT2D eigenvalue weighted by Crippen LogP contribution is 2.14. The SMILES string of the molecule is C=CC(=C)OCCOC(=O)c1ccc(C(=O)O)cc1C(=O)O. The molecule has 1 aromatic carbocycles. The van der Waals surface area contributed by atoms with Crippen LogP contribution in [0.15, 0.2) is 43.2 Å². The molecule has 0 aliphatic rings. The van der Waals surface area contributed by atoms with Crippen molar-refractivity contribution in [2.45, 2.75) is 0 Å². The Morgan fingerprint density at radius 3 is 2.23 bits per heavy atom. The molecule has 1 aromatic rings. The quantitative estimate of drug-likeness (QED) is 0.327. The highest BCUT2D eigenvalue weighted by molar-refractivity contribution is 6.04. The second-order valence-electron chi connectivity index (χ2n) is 4.03. The molecular weight excluding hydrogens is 292 g/mol. The topological polar surface area (TPSA) is 110 Å². The summed E-state index contributed by atoms with van der Waals surface area (Å²) in [7, 11) is 0. The Balaban J connectivity index is 2.80. The van der Waals surface area contributed by atoms with Crippen molar-refractivity contribution in [3.8, 4) is 0 Å². The lowest BCUT2D eigenvalue weighted by atomic mass is 10.0. The van der Waals surface area contributed by atoms with Crippen LogP contribution in [0.4, 0.5) is 0 Å². The molecule has 0 heterocycles. The van der Waals surface area contributed by atoms with Gasteiger partial charge < -0.3 is 19.7 Å². The van der Waals surface area contributed by atoms with Crippen LogP contribution in [0.3, 0.4) is 0 Å². The Morgan fingerprint density at radius 1 is 1.05 bits per heavy atom. The number of allylic oxidation sites excluding steroid dienone is 1. The third kappa shape index (κ3) is 4.48. The average molecular weight is 306 g/mol. The molecule has 0 saturated carbocycles. The number of carboxylic acid groups (broad SMARTS) is 2. The van der Waals surface area contributed by atoms with Gasteiger partial charge in [0.05, 0.1) is 16.7 Å². The van der Waals surface area contributed by atoms with Crippen LogP contribution in [0, 0.1) is 0 Å². The van der Waals surface area contributed by atoms with E-state index < -0.39 is 23.5 Å². The molecule has 0 bridgehead atoms. The van der Waals surface area contributed by atoms with Crippen molar-refractivity contribution >= 4 is 17.9 Å². The Hall–Kier alpha value is -3.09. The van der Waals surface area contributed by atoms with Crippen molar-refractivity contribution in [1.82, 2.24) is 0 Å². The number of aromatic carboxylic acids is 2. The van der Waals surface area contributed by atoms with E-state index in [2.05, 4.69) is 13.2 Å². The Kier molecular flexibility index (Phi) is 5.88. The van der Waals surface area contributed by atoms with Gasteiger partial charge in [-0.2, -0.15) is 0 Å². The number of hydrogen-bond acceptors (Lipinski definition) is 5. The summed E-state index contributed by atoms with van der Waals surface area (Å²) in [6.07, 6.45) is 1.38. The van der Waals surface area contributed by atoms with E-state index >= 15 is 0 Å². The van der Waals surface area contributed by atoms with Gasteiger partial charge in [0.25, 0.3) is 0 Å². The fourth-order valence-electron chi connectivity index (χ4n) is 1.48. The van der Waals surface area contributed by atoms with Crippen molar-refractivity contribution in [2.24, 2.45) is 0 Å². The number of rotatable bonds is 8. The minimum absolute atomic E-state index is 0.0339. The van der Waals surface area contributed by atoms with E-state index in [0.29, 0.717) is 5.76 Å². The molecule has 0 radical (unpaired) electrons. The van der Waals surface area contributed by atoms with Gasteiger partial charge >= 0.3 is 17.9 Å². The zero-order valence-corrected chi connectivity index (χ0v) is 11.6. The van der Waals surface area contributed by atoms with Crippen LogP contribution in [0.2, 0.25) is 0 Å². The predicted molar refractivity (Wildman–Crippen MR) is 75.9 cm³/mol. The molecular formula is C15H14O7. The van der Waals surface area contributed by atoms with Crippen molar-refractivity contribution in [1.29, 1.82) is 0 Å². The lowest BCUT2D eigenvalue weighted by Crippen LogP contribution is -2.15. The highest BCUT2D eigenvalue weighted by Gasteiger charge is 2.20. The predicted octanol–water partition coefficient (Wildman–Crippen LogP) is 1.96. The molecule has 0 amide bonds. The average Bonchev–Trinajstić information content (AvgIpc) is 2.50. The van der Waals surface area contributed by atoms with Gasteiger partial charge in [0.2, 0.25) is 0 Å². The van der Waals surface area contributed by atoms with Crippen molar-refractivity contribution < 1.29 is 34.1 Å². The summed E-state index contributed by atoms with van der Waals surface area (Å²) in [5, 5.41) is 17.9. The van der Waals surface area contributed by atoms with Gasteiger partial charge in [-0.1, -0.05) is 13.2 Å². The number of ether oxygens (including phenoxy) is 2. The number of carboxylic acids is 2. The molecule has 116 valence electrons. The van der Waals surface area contributed by atoms with Crippen LogP contribution in [0.5, 0.6) is 0 Å². The molecule has 0 aliphatic heterocycles. The number of benzene rings is 1. The molecule has 22 heavy (non-hydrogen) atoms. The molecule has 1 rings (SSSR count). The van der Waals surface area contributed by atoms with Gasteiger partial charge in [-0.15, -0.1) is 0 Å². The van der Waals surface area contributed by atoms with Crippen LogP contribution in [-0.4, -0.2) is 41.3 Å². The minimum Gasteiger partial charge on any atom is -0.491 e. The Bertz CT molecular complexity index is 631. The van der Waals surface area contributed by atoms with E-state index in [1.54, 1.807) is 0 Å². The van der Waals surface area contributed by atoms with Crippen LogP contribution in [0.25, 0.3) is 0 Å². The Morgan fingerprint density at radius 2 is 1.68 bits per heavy atom. The zero-order chi connectivity index (χ0) is 16.7. The third-order valence-electron chi connectivity index (χ3n) is 2.55. The molecule has 0 atom stereocenters. The number of carbonyl (C=O) groups is 3. The maximum atomic E-state index is 11.8. The largest absolute Gasteiger partial charge is 0.491 e. The summed E-state index contributed by atoms with van der Waals surface area (Å²) in [4.78, 5) is 33.8. The molecule has 0 fully saturated rings. The summed E-state index contributed by atoms with van der Waals surface area (Å²) in [5.74, 6) is -3.29. The zero-order valence-electron chi connectivity index (χ0n) is 11.6. The number of carbonyl (C=O) groups excluding carboxylic acids is 1. The third-order valence-corrected chi connectivity index (χ3v) is 2.55. The van der Waals surface area contributed by atoms with Crippen molar-refractivity contribution in [2.75, 3.05) is 13.2 Å². The van der Waals surface area contributed by atoms with Gasteiger partial charge in [0.1, 0.15) is 19.0 Å². The highest BCUT2D eigenvalue weighted by atomic mass is 16.6. The van der Waals surface area contributed by atoms with E-state index in [1.807, 2.05) is 0 Å². The molecule has 0 aliphatic carbocycles. The normalized spacial score (nSPS) is 9.64. The molecule has 0 aromatic heterocycles. The molecule has 2 N–H and O–H groups in total. The van der Waals surface area contributed by atoms with E-state index in [0.717, 1.165) is 18.2 Å². The van der Waals surface area contributed by atoms with E-state index in [1.165, 1.54) is 6.08 Å². The molecule has 7 heteroatoms. The molecule has 0 unspecified atom stereocenters. The van der Waals surface area contributed by atoms with E-state index in [9.17, 15) is 14.4 Å². The smallest absolute Gasteiger partial charge is 0.339 e. The Labute approximate surface area is 126 Å². The lowest BCUT2D eigenvalue weighted by Gasteiger charge is -2.09. The van der Waals surface area contributed by atoms with E-state index in [4.69, 9.17) is 19.7 Å². The minimum atomic E-state index is -1.42. The van der Waals surface area contributed by atoms with Gasteiger partial charge in [0.15, 0.2) is 0 Å². The van der Waals surface area contributed by atoms with E-state index in [-0.39, 0.29) is 24.3 Å². The second kappa shape index (κ2) is 7.63.